The lowest BCUT2D eigenvalue weighted by molar-refractivity contribution is -0.125. The number of carbonyl (C=O) groups is 1. The Balaban J connectivity index is 2.21. The van der Waals surface area contributed by atoms with Crippen LogP contribution in [0.15, 0.2) is 35.6 Å². The Bertz CT molecular complexity index is 537. The maximum Gasteiger partial charge on any atom is 0.232 e. The lowest BCUT2D eigenvalue weighted by atomic mass is 10.2. The first kappa shape index (κ1) is 11.9. The fourth-order valence-electron chi connectivity index (χ4n) is 1.35. The lowest BCUT2D eigenvalue weighted by Gasteiger charge is -2.09. The summed E-state index contributed by atoms with van der Waals surface area (Å²) in [6.45, 7) is 0. The average Bonchev–Trinajstić information content (AvgIpc) is 2.35. The van der Waals surface area contributed by atoms with E-state index in [2.05, 4.69) is 9.97 Å². The van der Waals surface area contributed by atoms with E-state index in [9.17, 15) is 4.79 Å². The molecular formula is C12H13N3OS. The molecule has 4 nitrogen and oxygen atoms in total. The van der Waals surface area contributed by atoms with Crippen molar-refractivity contribution >= 4 is 28.6 Å². The van der Waals surface area contributed by atoms with E-state index in [-0.39, 0.29) is 5.91 Å². The van der Waals surface area contributed by atoms with Gasteiger partial charge in [-0.3, -0.25) is 4.79 Å². The second-order valence-corrected chi connectivity index (χ2v) is 4.74. The van der Waals surface area contributed by atoms with Crippen LogP contribution >= 0.6 is 11.8 Å². The normalized spacial score (nSPS) is 10.5. The zero-order valence-electron chi connectivity index (χ0n) is 9.75. The quantitative estimate of drug-likeness (QED) is 0.613. The van der Waals surface area contributed by atoms with Crippen LogP contribution in [0.25, 0.3) is 10.9 Å². The van der Waals surface area contributed by atoms with Crippen molar-refractivity contribution in [1.29, 1.82) is 0 Å². The van der Waals surface area contributed by atoms with Crippen molar-refractivity contribution in [2.45, 2.75) is 5.03 Å². The number of para-hydroxylation sites is 1. The molecule has 2 aromatic rings. The van der Waals surface area contributed by atoms with E-state index in [1.165, 1.54) is 18.1 Å². The second-order valence-electron chi connectivity index (χ2n) is 3.77. The number of hydrogen-bond acceptors (Lipinski definition) is 4. The van der Waals surface area contributed by atoms with Gasteiger partial charge in [0.25, 0.3) is 0 Å². The number of aromatic nitrogens is 2. The van der Waals surface area contributed by atoms with Crippen LogP contribution in [0.4, 0.5) is 0 Å². The Morgan fingerprint density at radius 3 is 2.82 bits per heavy atom. The molecule has 0 aliphatic carbocycles. The van der Waals surface area contributed by atoms with Crippen LogP contribution in [0.5, 0.6) is 0 Å². The third kappa shape index (κ3) is 2.74. The second kappa shape index (κ2) is 5.14. The highest BCUT2D eigenvalue weighted by molar-refractivity contribution is 8.00. The molecule has 0 atom stereocenters. The topological polar surface area (TPSA) is 46.1 Å². The van der Waals surface area contributed by atoms with Gasteiger partial charge >= 0.3 is 0 Å². The smallest absolute Gasteiger partial charge is 0.232 e. The van der Waals surface area contributed by atoms with Crippen LogP contribution in [-0.2, 0) is 4.79 Å². The zero-order chi connectivity index (χ0) is 12.3. The fraction of sp³-hybridized carbons (Fsp3) is 0.250. The molecule has 88 valence electrons. The molecule has 0 N–H and O–H groups in total. The molecule has 0 unspecified atom stereocenters. The number of nitrogens with zero attached hydrogens (tertiary/aromatic N) is 3. The maximum absolute atomic E-state index is 11.5. The Hall–Kier alpha value is -1.62. The number of amides is 1. The summed E-state index contributed by atoms with van der Waals surface area (Å²) in [7, 11) is 3.50. The Morgan fingerprint density at radius 1 is 1.29 bits per heavy atom. The molecule has 0 aliphatic rings. The summed E-state index contributed by atoms with van der Waals surface area (Å²) in [5.41, 5.74) is 0.905. The van der Waals surface area contributed by atoms with E-state index in [0.29, 0.717) is 5.75 Å². The van der Waals surface area contributed by atoms with Crippen molar-refractivity contribution in [3.8, 4) is 0 Å². The number of rotatable bonds is 3. The average molecular weight is 247 g/mol. The first-order chi connectivity index (χ1) is 8.18. The van der Waals surface area contributed by atoms with Crippen LogP contribution in [0.2, 0.25) is 0 Å². The molecule has 1 heterocycles. The Kier molecular flexibility index (Phi) is 3.58. The highest BCUT2D eigenvalue weighted by Crippen LogP contribution is 2.23. The van der Waals surface area contributed by atoms with Crippen LogP contribution in [0.1, 0.15) is 0 Å². The molecular weight excluding hydrogens is 234 g/mol. The number of thioether (sulfide) groups is 1. The van der Waals surface area contributed by atoms with Crippen molar-refractivity contribution in [3.05, 3.63) is 30.6 Å². The predicted molar refractivity (Wildman–Crippen MR) is 69.0 cm³/mol. The van der Waals surface area contributed by atoms with Crippen molar-refractivity contribution in [2.24, 2.45) is 0 Å². The summed E-state index contributed by atoms with van der Waals surface area (Å²) < 4.78 is 0. The predicted octanol–water partition coefficient (Wildman–Crippen LogP) is 1.81. The van der Waals surface area contributed by atoms with Crippen molar-refractivity contribution in [2.75, 3.05) is 19.8 Å². The molecule has 1 amide bonds. The highest BCUT2D eigenvalue weighted by atomic mass is 32.2. The number of hydrogen-bond donors (Lipinski definition) is 0. The van der Waals surface area contributed by atoms with Gasteiger partial charge in [0, 0.05) is 19.5 Å². The summed E-state index contributed by atoms with van der Waals surface area (Å²) in [4.78, 5) is 21.5. The summed E-state index contributed by atoms with van der Waals surface area (Å²) in [6, 6.07) is 7.80. The molecule has 2 rings (SSSR count). The van der Waals surface area contributed by atoms with Gasteiger partial charge in [0.05, 0.1) is 11.3 Å². The van der Waals surface area contributed by atoms with Gasteiger partial charge in [-0.15, -0.1) is 0 Å². The summed E-state index contributed by atoms with van der Waals surface area (Å²) in [5, 5.41) is 1.84. The van der Waals surface area contributed by atoms with Gasteiger partial charge in [0.15, 0.2) is 0 Å². The van der Waals surface area contributed by atoms with Crippen molar-refractivity contribution < 1.29 is 4.79 Å². The standard InChI is InChI=1S/C12H13N3OS/c1-15(2)11(16)7-17-12-9-5-3-4-6-10(9)13-8-14-12/h3-6,8H,7H2,1-2H3. The van der Waals surface area contributed by atoms with Gasteiger partial charge < -0.3 is 4.90 Å². The SMILES string of the molecule is CN(C)C(=O)CSc1ncnc2ccccc12. The minimum Gasteiger partial charge on any atom is -0.348 e. The molecule has 0 saturated heterocycles. The fourth-order valence-corrected chi connectivity index (χ4v) is 2.32. The molecule has 0 spiro atoms. The number of benzene rings is 1. The third-order valence-corrected chi connectivity index (χ3v) is 3.33. The Morgan fingerprint density at radius 2 is 2.06 bits per heavy atom. The van der Waals surface area contributed by atoms with Crippen LogP contribution < -0.4 is 0 Å². The number of carbonyl (C=O) groups excluding carboxylic acids is 1. The van der Waals surface area contributed by atoms with Gasteiger partial charge in [-0.2, -0.15) is 0 Å². The lowest BCUT2D eigenvalue weighted by Crippen LogP contribution is -2.23. The molecule has 0 bridgehead atoms. The van der Waals surface area contributed by atoms with E-state index in [1.807, 2.05) is 24.3 Å². The summed E-state index contributed by atoms with van der Waals surface area (Å²) in [6.07, 6.45) is 1.53. The van der Waals surface area contributed by atoms with E-state index < -0.39 is 0 Å². The highest BCUT2D eigenvalue weighted by Gasteiger charge is 2.08. The molecule has 1 aromatic heterocycles. The van der Waals surface area contributed by atoms with Crippen LogP contribution in [0, 0.1) is 0 Å². The van der Waals surface area contributed by atoms with E-state index >= 15 is 0 Å². The number of fused-ring (bicyclic) bond motifs is 1. The third-order valence-electron chi connectivity index (χ3n) is 2.34. The Labute approximate surface area is 104 Å². The van der Waals surface area contributed by atoms with Gasteiger partial charge in [-0.05, 0) is 6.07 Å². The van der Waals surface area contributed by atoms with Crippen molar-refractivity contribution in [3.63, 3.8) is 0 Å². The maximum atomic E-state index is 11.5. The first-order valence-corrected chi connectivity index (χ1v) is 6.20. The minimum atomic E-state index is 0.0812. The van der Waals surface area contributed by atoms with Crippen molar-refractivity contribution in [1.82, 2.24) is 14.9 Å². The van der Waals surface area contributed by atoms with E-state index in [4.69, 9.17) is 0 Å². The zero-order valence-corrected chi connectivity index (χ0v) is 10.6. The molecule has 1 aromatic carbocycles. The van der Waals surface area contributed by atoms with Gasteiger partial charge in [0.1, 0.15) is 11.4 Å². The molecule has 0 fully saturated rings. The van der Waals surface area contributed by atoms with E-state index in [0.717, 1.165) is 15.9 Å². The monoisotopic (exact) mass is 247 g/mol. The minimum absolute atomic E-state index is 0.0812. The summed E-state index contributed by atoms with van der Waals surface area (Å²) >= 11 is 1.44. The van der Waals surface area contributed by atoms with Crippen LogP contribution in [0.3, 0.4) is 0 Å². The molecule has 0 aliphatic heterocycles. The molecule has 0 saturated carbocycles. The van der Waals surface area contributed by atoms with Gasteiger partial charge in [0.2, 0.25) is 5.91 Å². The van der Waals surface area contributed by atoms with E-state index in [1.54, 1.807) is 19.0 Å². The molecule has 0 radical (unpaired) electrons. The molecule has 17 heavy (non-hydrogen) atoms. The largest absolute Gasteiger partial charge is 0.348 e. The first-order valence-electron chi connectivity index (χ1n) is 5.21. The summed E-state index contributed by atoms with van der Waals surface area (Å²) in [5.74, 6) is 0.478. The van der Waals surface area contributed by atoms with Gasteiger partial charge in [-0.25, -0.2) is 9.97 Å². The van der Waals surface area contributed by atoms with Gasteiger partial charge in [-0.1, -0.05) is 30.0 Å². The van der Waals surface area contributed by atoms with Crippen LogP contribution in [-0.4, -0.2) is 40.6 Å². The molecule has 5 heteroatoms.